The molecule has 0 spiro atoms. The summed E-state index contributed by atoms with van der Waals surface area (Å²) in [4.78, 5) is 0. The Bertz CT molecular complexity index is 869. The molecular formula is C21H20N2O2. The first-order valence-electron chi connectivity index (χ1n) is 8.06. The lowest BCUT2D eigenvalue weighted by molar-refractivity contribution is 0.369. The molecule has 1 aromatic heterocycles. The van der Waals surface area contributed by atoms with Gasteiger partial charge < -0.3 is 9.47 Å². The van der Waals surface area contributed by atoms with Gasteiger partial charge in [0, 0.05) is 5.56 Å². The summed E-state index contributed by atoms with van der Waals surface area (Å²) in [5.41, 5.74) is 3.37. The van der Waals surface area contributed by atoms with Crippen molar-refractivity contribution in [3.05, 3.63) is 77.6 Å². The van der Waals surface area contributed by atoms with Crippen molar-refractivity contribution in [3.63, 3.8) is 0 Å². The van der Waals surface area contributed by atoms with E-state index >= 15 is 0 Å². The van der Waals surface area contributed by atoms with Gasteiger partial charge in [-0.05, 0) is 36.8 Å². The topological polar surface area (TPSA) is 36.3 Å². The molecule has 0 saturated heterocycles. The zero-order valence-electron chi connectivity index (χ0n) is 14.4. The fraction of sp³-hybridized carbons (Fsp3) is 0.190. The Morgan fingerprint density at radius 2 is 1.76 bits per heavy atom. The zero-order chi connectivity index (χ0) is 17.5. The van der Waals surface area contributed by atoms with Gasteiger partial charge in [-0.2, -0.15) is 5.10 Å². The van der Waals surface area contributed by atoms with Gasteiger partial charge in [0.1, 0.15) is 12.4 Å². The molecule has 0 amide bonds. The van der Waals surface area contributed by atoms with Crippen LogP contribution in [0.1, 0.15) is 16.7 Å². The third kappa shape index (κ3) is 4.89. The Hall–Kier alpha value is -3.19. The first-order chi connectivity index (χ1) is 12.2. The molecule has 0 atom stereocenters. The maximum atomic E-state index is 5.63. The number of aryl methyl sites for hydroxylation is 1. The maximum Gasteiger partial charge on any atom is 0.158 e. The van der Waals surface area contributed by atoms with Crippen LogP contribution in [-0.2, 0) is 6.54 Å². The Morgan fingerprint density at radius 3 is 2.48 bits per heavy atom. The van der Waals surface area contributed by atoms with Gasteiger partial charge in [0.05, 0.1) is 26.0 Å². The first kappa shape index (κ1) is 16.7. The van der Waals surface area contributed by atoms with Crippen molar-refractivity contribution in [3.8, 4) is 23.3 Å². The number of hydrogen-bond donors (Lipinski definition) is 0. The quantitative estimate of drug-likeness (QED) is 0.669. The SMILES string of the molecule is COc1ccc(Cn2cc(OCC#Cc3ccc(C)cc3)cn2)cc1. The molecule has 1 heterocycles. The molecule has 126 valence electrons. The lowest BCUT2D eigenvalue weighted by Gasteiger charge is -2.03. The van der Waals surface area contributed by atoms with E-state index in [9.17, 15) is 0 Å². The van der Waals surface area contributed by atoms with E-state index in [4.69, 9.17) is 9.47 Å². The van der Waals surface area contributed by atoms with E-state index in [1.54, 1.807) is 13.3 Å². The Kier molecular flexibility index (Phi) is 5.38. The van der Waals surface area contributed by atoms with Crippen LogP contribution in [0.4, 0.5) is 0 Å². The third-order valence-electron chi connectivity index (χ3n) is 3.71. The molecule has 0 bridgehead atoms. The van der Waals surface area contributed by atoms with Crippen molar-refractivity contribution in [1.82, 2.24) is 9.78 Å². The molecule has 2 aromatic carbocycles. The number of ether oxygens (including phenoxy) is 2. The highest BCUT2D eigenvalue weighted by Crippen LogP contribution is 2.14. The van der Waals surface area contributed by atoms with Gasteiger partial charge >= 0.3 is 0 Å². The zero-order valence-corrected chi connectivity index (χ0v) is 14.4. The molecule has 0 radical (unpaired) electrons. The highest BCUT2D eigenvalue weighted by Gasteiger charge is 2.01. The van der Waals surface area contributed by atoms with E-state index in [2.05, 4.69) is 23.9 Å². The minimum atomic E-state index is 0.335. The molecule has 0 fully saturated rings. The van der Waals surface area contributed by atoms with Crippen LogP contribution >= 0.6 is 0 Å². The molecule has 0 aliphatic carbocycles. The summed E-state index contributed by atoms with van der Waals surface area (Å²) in [6, 6.07) is 16.0. The van der Waals surface area contributed by atoms with E-state index < -0.39 is 0 Å². The van der Waals surface area contributed by atoms with Gasteiger partial charge in [0.25, 0.3) is 0 Å². The highest BCUT2D eigenvalue weighted by atomic mass is 16.5. The van der Waals surface area contributed by atoms with E-state index in [-0.39, 0.29) is 0 Å². The second-order valence-corrected chi connectivity index (χ2v) is 5.68. The second kappa shape index (κ2) is 8.07. The van der Waals surface area contributed by atoms with Crippen LogP contribution in [0.5, 0.6) is 11.5 Å². The summed E-state index contributed by atoms with van der Waals surface area (Å²) >= 11 is 0. The smallest absolute Gasteiger partial charge is 0.158 e. The van der Waals surface area contributed by atoms with Crippen molar-refractivity contribution in [2.75, 3.05) is 13.7 Å². The summed E-state index contributed by atoms with van der Waals surface area (Å²) in [5.74, 6) is 7.67. The lowest BCUT2D eigenvalue weighted by atomic mass is 10.2. The van der Waals surface area contributed by atoms with Crippen LogP contribution in [-0.4, -0.2) is 23.5 Å². The number of aromatic nitrogens is 2. The number of benzene rings is 2. The molecule has 3 aromatic rings. The van der Waals surface area contributed by atoms with Gasteiger partial charge in [0.15, 0.2) is 5.75 Å². The number of methoxy groups -OCH3 is 1. The van der Waals surface area contributed by atoms with Crippen LogP contribution in [0.2, 0.25) is 0 Å². The Labute approximate surface area is 148 Å². The van der Waals surface area contributed by atoms with Gasteiger partial charge in [-0.25, -0.2) is 0 Å². The third-order valence-corrected chi connectivity index (χ3v) is 3.71. The summed E-state index contributed by atoms with van der Waals surface area (Å²) in [6.45, 7) is 3.08. The number of hydrogen-bond acceptors (Lipinski definition) is 3. The molecule has 3 rings (SSSR count). The summed E-state index contributed by atoms with van der Waals surface area (Å²) in [5, 5.41) is 4.31. The normalized spacial score (nSPS) is 10.0. The van der Waals surface area contributed by atoms with E-state index in [1.165, 1.54) is 5.56 Å². The number of rotatable bonds is 5. The Balaban J connectivity index is 1.52. The van der Waals surface area contributed by atoms with Gasteiger partial charge in [-0.1, -0.05) is 41.7 Å². The fourth-order valence-corrected chi connectivity index (χ4v) is 2.32. The molecule has 4 heteroatoms. The minimum absolute atomic E-state index is 0.335. The van der Waals surface area contributed by atoms with Crippen molar-refractivity contribution in [1.29, 1.82) is 0 Å². The van der Waals surface area contributed by atoms with Gasteiger partial charge in [-0.15, -0.1) is 0 Å². The molecular weight excluding hydrogens is 312 g/mol. The maximum absolute atomic E-state index is 5.63. The summed E-state index contributed by atoms with van der Waals surface area (Å²) in [7, 11) is 1.66. The predicted molar refractivity (Wildman–Crippen MR) is 97.9 cm³/mol. The first-order valence-corrected chi connectivity index (χ1v) is 8.06. The van der Waals surface area contributed by atoms with Crippen molar-refractivity contribution in [2.45, 2.75) is 13.5 Å². The highest BCUT2D eigenvalue weighted by molar-refractivity contribution is 5.36. The van der Waals surface area contributed by atoms with Crippen LogP contribution < -0.4 is 9.47 Å². The molecule has 4 nitrogen and oxygen atoms in total. The molecule has 0 unspecified atom stereocenters. The Morgan fingerprint density at radius 1 is 1.00 bits per heavy atom. The molecule has 0 aliphatic rings. The second-order valence-electron chi connectivity index (χ2n) is 5.68. The lowest BCUT2D eigenvalue weighted by Crippen LogP contribution is -1.99. The van der Waals surface area contributed by atoms with Crippen LogP contribution in [0, 0.1) is 18.8 Å². The average Bonchev–Trinajstić information content (AvgIpc) is 3.08. The van der Waals surface area contributed by atoms with Crippen LogP contribution in [0.3, 0.4) is 0 Å². The molecule has 25 heavy (non-hydrogen) atoms. The molecule has 0 aliphatic heterocycles. The average molecular weight is 332 g/mol. The van der Waals surface area contributed by atoms with Crippen molar-refractivity contribution < 1.29 is 9.47 Å². The fourth-order valence-electron chi connectivity index (χ4n) is 2.32. The summed E-state index contributed by atoms with van der Waals surface area (Å²) < 4.78 is 12.6. The number of nitrogens with zero attached hydrogens (tertiary/aromatic N) is 2. The van der Waals surface area contributed by atoms with Crippen molar-refractivity contribution in [2.24, 2.45) is 0 Å². The van der Waals surface area contributed by atoms with E-state index in [1.807, 2.05) is 59.4 Å². The largest absolute Gasteiger partial charge is 0.497 e. The van der Waals surface area contributed by atoms with Crippen LogP contribution in [0.25, 0.3) is 0 Å². The van der Waals surface area contributed by atoms with Gasteiger partial charge in [0.2, 0.25) is 0 Å². The summed E-state index contributed by atoms with van der Waals surface area (Å²) in [6.07, 6.45) is 3.58. The van der Waals surface area contributed by atoms with Gasteiger partial charge in [-0.3, -0.25) is 4.68 Å². The van der Waals surface area contributed by atoms with Crippen LogP contribution in [0.15, 0.2) is 60.9 Å². The standard InChI is InChI=1S/C21H20N2O2/c1-17-5-7-18(8-6-17)4-3-13-25-21-14-22-23(16-21)15-19-9-11-20(24-2)12-10-19/h5-12,14,16H,13,15H2,1-2H3. The van der Waals surface area contributed by atoms with Crippen molar-refractivity contribution >= 4 is 0 Å². The molecule has 0 N–H and O–H groups in total. The predicted octanol–water partition coefficient (Wildman–Crippen LogP) is 3.68. The molecule has 0 saturated carbocycles. The van der Waals surface area contributed by atoms with E-state index in [0.717, 1.165) is 16.9 Å². The minimum Gasteiger partial charge on any atom is -0.497 e. The van der Waals surface area contributed by atoms with E-state index in [0.29, 0.717) is 18.9 Å². The monoisotopic (exact) mass is 332 g/mol.